The molecule has 1 unspecified atom stereocenters. The van der Waals surface area contributed by atoms with Gasteiger partial charge in [-0.15, -0.1) is 0 Å². The van der Waals surface area contributed by atoms with E-state index < -0.39 is 5.91 Å². The number of hydrogen-bond donors (Lipinski definition) is 2. The number of amides is 2. The first-order chi connectivity index (χ1) is 11.9. The van der Waals surface area contributed by atoms with E-state index in [-0.39, 0.29) is 18.4 Å². The van der Waals surface area contributed by atoms with Crippen molar-refractivity contribution in [3.8, 4) is 5.75 Å². The second-order valence-corrected chi connectivity index (χ2v) is 6.13. The molecule has 0 radical (unpaired) electrons. The molecule has 2 amide bonds. The molecule has 0 bridgehead atoms. The van der Waals surface area contributed by atoms with Crippen molar-refractivity contribution in [2.45, 2.75) is 26.3 Å². The molecule has 2 aromatic carbocycles. The smallest absolute Gasteiger partial charge is 0.233 e. The third-order valence-electron chi connectivity index (χ3n) is 3.75. The minimum atomic E-state index is -0.419. The summed E-state index contributed by atoms with van der Waals surface area (Å²) in [7, 11) is 1.49. The van der Waals surface area contributed by atoms with Crippen molar-refractivity contribution < 1.29 is 14.3 Å². The number of carbonyl (C=O) groups excluding carboxylic acids is 2. The fourth-order valence-corrected chi connectivity index (χ4v) is 2.54. The maximum absolute atomic E-state index is 12.1. The fraction of sp³-hybridized carbons (Fsp3) is 0.263. The van der Waals surface area contributed by atoms with Crippen LogP contribution in [-0.2, 0) is 9.59 Å². The van der Waals surface area contributed by atoms with Gasteiger partial charge in [-0.2, -0.15) is 0 Å². The molecule has 132 valence electrons. The van der Waals surface area contributed by atoms with Gasteiger partial charge in [0.15, 0.2) is 0 Å². The molecule has 0 fully saturated rings. The summed E-state index contributed by atoms with van der Waals surface area (Å²) >= 11 is 6.04. The third kappa shape index (κ3) is 5.22. The number of anilines is 1. The van der Waals surface area contributed by atoms with E-state index in [9.17, 15) is 9.59 Å². The van der Waals surface area contributed by atoms with Crippen LogP contribution in [0.25, 0.3) is 0 Å². The van der Waals surface area contributed by atoms with E-state index in [1.165, 1.54) is 7.11 Å². The van der Waals surface area contributed by atoms with Crippen LogP contribution < -0.4 is 15.4 Å². The number of carbonyl (C=O) groups is 2. The van der Waals surface area contributed by atoms with Gasteiger partial charge in [0.2, 0.25) is 11.8 Å². The minimum absolute atomic E-state index is 0.172. The topological polar surface area (TPSA) is 67.4 Å². The van der Waals surface area contributed by atoms with Gasteiger partial charge in [0.1, 0.15) is 12.2 Å². The molecular formula is C19H21ClN2O3. The van der Waals surface area contributed by atoms with E-state index in [2.05, 4.69) is 10.6 Å². The summed E-state index contributed by atoms with van der Waals surface area (Å²) in [5.41, 5.74) is 2.27. The van der Waals surface area contributed by atoms with Gasteiger partial charge >= 0.3 is 0 Å². The van der Waals surface area contributed by atoms with Crippen molar-refractivity contribution in [2.24, 2.45) is 0 Å². The highest BCUT2D eigenvalue weighted by molar-refractivity contribution is 6.31. The van der Waals surface area contributed by atoms with Crippen molar-refractivity contribution in [3.05, 3.63) is 58.6 Å². The lowest BCUT2D eigenvalue weighted by atomic mass is 10.1. The molecule has 2 N–H and O–H groups in total. The summed E-state index contributed by atoms with van der Waals surface area (Å²) in [5.74, 6) is -0.321. The monoisotopic (exact) mass is 360 g/mol. The Morgan fingerprint density at radius 2 is 1.84 bits per heavy atom. The summed E-state index contributed by atoms with van der Waals surface area (Å²) in [5, 5.41) is 6.05. The Bertz CT molecular complexity index is 763. The molecule has 0 saturated carbocycles. The van der Waals surface area contributed by atoms with Gasteiger partial charge < -0.3 is 15.4 Å². The number of halogens is 1. The highest BCUT2D eigenvalue weighted by Crippen LogP contribution is 2.31. The summed E-state index contributed by atoms with van der Waals surface area (Å²) in [6, 6.07) is 12.7. The van der Waals surface area contributed by atoms with Gasteiger partial charge in [0.05, 0.1) is 18.8 Å². The van der Waals surface area contributed by atoms with E-state index in [4.69, 9.17) is 16.3 Å². The van der Waals surface area contributed by atoms with Crippen LogP contribution in [0.5, 0.6) is 5.75 Å². The van der Waals surface area contributed by atoms with E-state index >= 15 is 0 Å². The van der Waals surface area contributed by atoms with Gasteiger partial charge in [-0.1, -0.05) is 41.9 Å². The fourth-order valence-electron chi connectivity index (χ4n) is 2.39. The Morgan fingerprint density at radius 3 is 2.48 bits per heavy atom. The van der Waals surface area contributed by atoms with Gasteiger partial charge in [-0.3, -0.25) is 9.59 Å². The molecule has 6 heteroatoms. The van der Waals surface area contributed by atoms with Crippen LogP contribution in [0.3, 0.4) is 0 Å². The molecule has 2 rings (SSSR count). The zero-order valence-corrected chi connectivity index (χ0v) is 15.2. The molecule has 0 aliphatic carbocycles. The zero-order valence-electron chi connectivity index (χ0n) is 14.4. The van der Waals surface area contributed by atoms with Gasteiger partial charge in [0.25, 0.3) is 0 Å². The molecule has 0 aliphatic heterocycles. The van der Waals surface area contributed by atoms with E-state index in [1.54, 1.807) is 12.1 Å². The van der Waals surface area contributed by atoms with Crippen LogP contribution in [0.15, 0.2) is 42.5 Å². The maximum atomic E-state index is 12.1. The summed E-state index contributed by atoms with van der Waals surface area (Å²) in [6.07, 6.45) is -0.276. The average molecular weight is 361 g/mol. The average Bonchev–Trinajstić information content (AvgIpc) is 2.58. The minimum Gasteiger partial charge on any atom is -0.495 e. The lowest BCUT2D eigenvalue weighted by Gasteiger charge is -2.15. The second kappa shape index (κ2) is 8.53. The van der Waals surface area contributed by atoms with Crippen LogP contribution in [-0.4, -0.2) is 18.9 Å². The van der Waals surface area contributed by atoms with Crippen molar-refractivity contribution in [3.63, 3.8) is 0 Å². The SMILES string of the molecule is COc1cc(Cl)c(C)cc1NC(=O)CC(=O)NC(C)c1ccccc1. The van der Waals surface area contributed by atoms with Crippen LogP contribution >= 0.6 is 11.6 Å². The van der Waals surface area contributed by atoms with Crippen LogP contribution in [0, 0.1) is 6.92 Å². The zero-order chi connectivity index (χ0) is 18.4. The molecule has 0 aliphatic rings. The number of ether oxygens (including phenoxy) is 1. The largest absolute Gasteiger partial charge is 0.495 e. The number of hydrogen-bond acceptors (Lipinski definition) is 3. The molecule has 0 aromatic heterocycles. The Hall–Kier alpha value is -2.53. The van der Waals surface area contributed by atoms with Gasteiger partial charge in [-0.05, 0) is 31.0 Å². The summed E-state index contributed by atoms with van der Waals surface area (Å²) < 4.78 is 5.21. The molecule has 0 spiro atoms. The van der Waals surface area contributed by atoms with E-state index in [0.717, 1.165) is 11.1 Å². The number of benzene rings is 2. The molecule has 0 saturated heterocycles. The third-order valence-corrected chi connectivity index (χ3v) is 4.16. The summed E-state index contributed by atoms with van der Waals surface area (Å²) in [6.45, 7) is 3.70. The van der Waals surface area contributed by atoms with Crippen molar-refractivity contribution in [1.82, 2.24) is 5.32 Å². The van der Waals surface area contributed by atoms with Crippen LogP contribution in [0.1, 0.15) is 30.5 Å². The highest BCUT2D eigenvalue weighted by Gasteiger charge is 2.15. The van der Waals surface area contributed by atoms with Crippen LogP contribution in [0.2, 0.25) is 5.02 Å². The number of rotatable bonds is 6. The lowest BCUT2D eigenvalue weighted by Crippen LogP contribution is -2.30. The maximum Gasteiger partial charge on any atom is 0.233 e. The Balaban J connectivity index is 1.96. The first kappa shape index (κ1) is 18.8. The normalized spacial score (nSPS) is 11.5. The number of aryl methyl sites for hydroxylation is 1. The molecule has 0 heterocycles. The van der Waals surface area contributed by atoms with Gasteiger partial charge in [-0.25, -0.2) is 0 Å². The van der Waals surface area contributed by atoms with Gasteiger partial charge in [0, 0.05) is 11.1 Å². The van der Waals surface area contributed by atoms with E-state index in [0.29, 0.717) is 16.5 Å². The Kier molecular flexibility index (Phi) is 6.42. The van der Waals surface area contributed by atoms with E-state index in [1.807, 2.05) is 44.2 Å². The number of methoxy groups -OCH3 is 1. The van der Waals surface area contributed by atoms with Crippen molar-refractivity contribution >= 4 is 29.1 Å². The van der Waals surface area contributed by atoms with Crippen molar-refractivity contribution in [1.29, 1.82) is 0 Å². The number of nitrogens with one attached hydrogen (secondary N) is 2. The molecule has 1 atom stereocenters. The molecule has 25 heavy (non-hydrogen) atoms. The van der Waals surface area contributed by atoms with Crippen LogP contribution in [0.4, 0.5) is 5.69 Å². The first-order valence-corrected chi connectivity index (χ1v) is 8.26. The van der Waals surface area contributed by atoms with Crippen molar-refractivity contribution in [2.75, 3.05) is 12.4 Å². The molecule has 5 nitrogen and oxygen atoms in total. The summed E-state index contributed by atoms with van der Waals surface area (Å²) in [4.78, 5) is 24.2. The Morgan fingerprint density at radius 1 is 1.16 bits per heavy atom. The second-order valence-electron chi connectivity index (χ2n) is 5.73. The standard InChI is InChI=1S/C19H21ClN2O3/c1-12-9-16(17(25-3)10-15(12)20)22-19(24)11-18(23)21-13(2)14-7-5-4-6-8-14/h4-10,13H,11H2,1-3H3,(H,21,23)(H,22,24). The Labute approximate surface area is 152 Å². The first-order valence-electron chi connectivity index (χ1n) is 7.89. The molecular weight excluding hydrogens is 340 g/mol. The quantitative estimate of drug-likeness (QED) is 0.768. The predicted octanol–water partition coefficient (Wildman–Crippen LogP) is 3.86. The lowest BCUT2D eigenvalue weighted by molar-refractivity contribution is -0.127. The highest BCUT2D eigenvalue weighted by atomic mass is 35.5. The molecule has 2 aromatic rings. The predicted molar refractivity (Wildman–Crippen MR) is 99.0 cm³/mol.